The third kappa shape index (κ3) is 5.79. The first-order chi connectivity index (χ1) is 17.0. The van der Waals surface area contributed by atoms with Gasteiger partial charge in [0.2, 0.25) is 5.91 Å². The summed E-state index contributed by atoms with van der Waals surface area (Å²) in [5.74, 6) is -0.0558. The maximum absolute atomic E-state index is 13.3. The summed E-state index contributed by atoms with van der Waals surface area (Å²) in [6.45, 7) is 0.858. The van der Waals surface area contributed by atoms with E-state index in [1.54, 1.807) is 16.7 Å². The van der Waals surface area contributed by atoms with Crippen molar-refractivity contribution >= 4 is 29.7 Å². The number of hydrogen-bond acceptors (Lipinski definition) is 6. The number of carboxylic acid groups (broad SMARTS) is 1. The number of ether oxygens (including phenoxy) is 2. The molecule has 1 aliphatic carbocycles. The van der Waals surface area contributed by atoms with Crippen molar-refractivity contribution in [1.29, 1.82) is 0 Å². The maximum atomic E-state index is 13.3. The Morgan fingerprint density at radius 3 is 2.40 bits per heavy atom. The SMILES string of the molecule is COCCC(NC(=O)OCC1c2ccccc2-c2ccccc21)C(=O)N1CCSCC1CC(=O)O. The largest absolute Gasteiger partial charge is 0.481 e. The van der Waals surface area contributed by atoms with E-state index in [9.17, 15) is 19.5 Å². The lowest BCUT2D eigenvalue weighted by Gasteiger charge is -2.37. The fourth-order valence-corrected chi connectivity index (χ4v) is 5.85. The van der Waals surface area contributed by atoms with E-state index in [4.69, 9.17) is 9.47 Å². The molecule has 1 heterocycles. The fraction of sp³-hybridized carbons (Fsp3) is 0.423. The second-order valence-corrected chi connectivity index (χ2v) is 9.81. The summed E-state index contributed by atoms with van der Waals surface area (Å²) < 4.78 is 10.8. The zero-order valence-electron chi connectivity index (χ0n) is 19.6. The quantitative estimate of drug-likeness (QED) is 0.546. The molecule has 0 bridgehead atoms. The summed E-state index contributed by atoms with van der Waals surface area (Å²) in [7, 11) is 1.53. The van der Waals surface area contributed by atoms with Crippen LogP contribution in [0.2, 0.25) is 0 Å². The highest BCUT2D eigenvalue weighted by Crippen LogP contribution is 2.44. The highest BCUT2D eigenvalue weighted by atomic mass is 32.2. The molecule has 0 radical (unpaired) electrons. The number of methoxy groups -OCH3 is 1. The molecule has 4 rings (SSSR count). The van der Waals surface area contributed by atoms with Gasteiger partial charge in [-0.15, -0.1) is 0 Å². The predicted octanol–water partition coefficient (Wildman–Crippen LogP) is 3.35. The van der Waals surface area contributed by atoms with E-state index in [0.717, 1.165) is 28.0 Å². The molecule has 2 aromatic rings. The van der Waals surface area contributed by atoms with Crippen molar-refractivity contribution in [3.05, 3.63) is 59.7 Å². The van der Waals surface area contributed by atoms with Crippen LogP contribution in [0, 0.1) is 0 Å². The lowest BCUT2D eigenvalue weighted by molar-refractivity contribution is -0.141. The minimum Gasteiger partial charge on any atom is -0.481 e. The monoisotopic (exact) mass is 498 g/mol. The van der Waals surface area contributed by atoms with Gasteiger partial charge >= 0.3 is 12.1 Å². The minimum atomic E-state index is -0.951. The van der Waals surface area contributed by atoms with Crippen LogP contribution in [-0.2, 0) is 19.1 Å². The molecule has 2 unspecified atom stereocenters. The summed E-state index contributed by atoms with van der Waals surface area (Å²) in [6.07, 6.45) is -0.536. The number of thioether (sulfide) groups is 1. The molecule has 2 aliphatic rings. The van der Waals surface area contributed by atoms with E-state index in [-0.39, 0.29) is 37.9 Å². The Bertz CT molecular complexity index is 1030. The zero-order valence-corrected chi connectivity index (χ0v) is 20.5. The molecule has 2 atom stereocenters. The zero-order chi connectivity index (χ0) is 24.8. The van der Waals surface area contributed by atoms with Crippen molar-refractivity contribution in [2.24, 2.45) is 0 Å². The van der Waals surface area contributed by atoms with Gasteiger partial charge in [-0.1, -0.05) is 48.5 Å². The van der Waals surface area contributed by atoms with Crippen LogP contribution < -0.4 is 5.32 Å². The number of hydrogen-bond donors (Lipinski definition) is 2. The summed E-state index contributed by atoms with van der Waals surface area (Å²) in [4.78, 5) is 39.0. The van der Waals surface area contributed by atoms with Gasteiger partial charge in [-0.2, -0.15) is 11.8 Å². The molecule has 9 heteroatoms. The topological polar surface area (TPSA) is 105 Å². The van der Waals surface area contributed by atoms with Gasteiger partial charge < -0.3 is 24.8 Å². The van der Waals surface area contributed by atoms with E-state index in [2.05, 4.69) is 17.4 Å². The average Bonchev–Trinajstić information content (AvgIpc) is 3.18. The molecule has 1 saturated heterocycles. The number of nitrogens with zero attached hydrogens (tertiary/aromatic N) is 1. The number of rotatable bonds is 9. The first kappa shape index (κ1) is 25.1. The van der Waals surface area contributed by atoms with Crippen LogP contribution in [0.1, 0.15) is 29.9 Å². The Balaban J connectivity index is 1.43. The second-order valence-electron chi connectivity index (χ2n) is 8.66. The number of fused-ring (bicyclic) bond motifs is 3. The van der Waals surface area contributed by atoms with E-state index in [1.165, 1.54) is 7.11 Å². The summed E-state index contributed by atoms with van der Waals surface area (Å²) in [6, 6.07) is 14.9. The Kier molecular flexibility index (Phi) is 8.30. The van der Waals surface area contributed by atoms with Gasteiger partial charge in [-0.25, -0.2) is 4.79 Å². The Morgan fingerprint density at radius 1 is 1.11 bits per heavy atom. The first-order valence-corrected chi connectivity index (χ1v) is 12.9. The lowest BCUT2D eigenvalue weighted by Crippen LogP contribution is -2.55. The van der Waals surface area contributed by atoms with Crippen LogP contribution in [0.25, 0.3) is 11.1 Å². The van der Waals surface area contributed by atoms with Crippen LogP contribution in [0.5, 0.6) is 0 Å². The van der Waals surface area contributed by atoms with Gasteiger partial charge in [0.15, 0.2) is 0 Å². The molecule has 2 aromatic carbocycles. The normalized spacial score (nSPS) is 17.9. The number of aliphatic carboxylic acids is 1. The molecule has 0 spiro atoms. The second kappa shape index (κ2) is 11.6. The van der Waals surface area contributed by atoms with Crippen LogP contribution in [-0.4, -0.2) is 78.4 Å². The van der Waals surface area contributed by atoms with Crippen molar-refractivity contribution in [3.63, 3.8) is 0 Å². The molecule has 1 aliphatic heterocycles. The highest BCUT2D eigenvalue weighted by molar-refractivity contribution is 7.99. The molecule has 2 amide bonds. The van der Waals surface area contributed by atoms with Gasteiger partial charge in [0.1, 0.15) is 12.6 Å². The summed E-state index contributed by atoms with van der Waals surface area (Å²) >= 11 is 1.63. The van der Waals surface area contributed by atoms with E-state index in [0.29, 0.717) is 12.3 Å². The fourth-order valence-electron chi connectivity index (χ4n) is 4.79. The van der Waals surface area contributed by atoms with E-state index in [1.807, 2.05) is 36.4 Å². The minimum absolute atomic E-state index is 0.0830. The highest BCUT2D eigenvalue weighted by Gasteiger charge is 2.34. The lowest BCUT2D eigenvalue weighted by atomic mass is 9.98. The smallest absolute Gasteiger partial charge is 0.407 e. The molecule has 1 fully saturated rings. The number of carbonyl (C=O) groups excluding carboxylic acids is 2. The van der Waals surface area contributed by atoms with Crippen molar-refractivity contribution in [3.8, 4) is 11.1 Å². The number of benzene rings is 2. The maximum Gasteiger partial charge on any atom is 0.407 e. The van der Waals surface area contributed by atoms with Crippen molar-refractivity contribution in [1.82, 2.24) is 10.2 Å². The molecule has 0 saturated carbocycles. The van der Waals surface area contributed by atoms with Crippen LogP contribution in [0.15, 0.2) is 48.5 Å². The third-order valence-electron chi connectivity index (χ3n) is 6.47. The number of nitrogens with one attached hydrogen (secondary N) is 1. The third-order valence-corrected chi connectivity index (χ3v) is 7.56. The van der Waals surface area contributed by atoms with Crippen LogP contribution >= 0.6 is 11.8 Å². The Labute approximate surface area is 209 Å². The van der Waals surface area contributed by atoms with Gasteiger partial charge in [0, 0.05) is 44.1 Å². The molecular weight excluding hydrogens is 468 g/mol. The van der Waals surface area contributed by atoms with Crippen molar-refractivity contribution < 1.29 is 29.0 Å². The molecule has 186 valence electrons. The van der Waals surface area contributed by atoms with Gasteiger partial charge in [0.25, 0.3) is 0 Å². The number of alkyl carbamates (subject to hydrolysis) is 1. The van der Waals surface area contributed by atoms with Gasteiger partial charge in [0.05, 0.1) is 12.5 Å². The molecule has 2 N–H and O–H groups in total. The van der Waals surface area contributed by atoms with Gasteiger partial charge in [-0.3, -0.25) is 9.59 Å². The summed E-state index contributed by atoms with van der Waals surface area (Å²) in [5.41, 5.74) is 4.49. The molecule has 0 aromatic heterocycles. The first-order valence-electron chi connectivity index (χ1n) is 11.7. The van der Waals surface area contributed by atoms with E-state index < -0.39 is 24.1 Å². The van der Waals surface area contributed by atoms with Crippen LogP contribution in [0.4, 0.5) is 4.79 Å². The number of amides is 2. The summed E-state index contributed by atoms with van der Waals surface area (Å²) in [5, 5.41) is 12.0. The Morgan fingerprint density at radius 2 is 1.77 bits per heavy atom. The average molecular weight is 499 g/mol. The standard InChI is InChI=1S/C26H30N2O6S/c1-33-12-10-23(25(31)28-11-13-35-16-17(28)14-24(29)30)27-26(32)34-15-22-20-8-4-2-6-18(20)19-7-3-5-9-21(19)22/h2-9,17,22-23H,10-16H2,1H3,(H,27,32)(H,29,30). The van der Waals surface area contributed by atoms with Crippen molar-refractivity contribution in [2.75, 3.05) is 38.4 Å². The molecular formula is C26H30N2O6S. The van der Waals surface area contributed by atoms with Gasteiger partial charge in [-0.05, 0) is 22.3 Å². The number of carboxylic acids is 1. The predicted molar refractivity (Wildman–Crippen MR) is 134 cm³/mol. The number of carbonyl (C=O) groups is 3. The van der Waals surface area contributed by atoms with E-state index >= 15 is 0 Å². The molecule has 8 nitrogen and oxygen atoms in total. The van der Waals surface area contributed by atoms with Crippen LogP contribution in [0.3, 0.4) is 0 Å². The Hall–Kier alpha value is -3.04. The van der Waals surface area contributed by atoms with Crippen molar-refractivity contribution in [2.45, 2.75) is 30.8 Å². The molecule has 35 heavy (non-hydrogen) atoms.